The molecule has 2 bridgehead atoms. The number of hydrogen-bond donors (Lipinski definition) is 3. The summed E-state index contributed by atoms with van der Waals surface area (Å²) in [7, 11) is 1.77. The number of aryl methyl sites for hydroxylation is 1. The number of carbonyl (C=O) groups is 1. The Morgan fingerprint density at radius 1 is 1.21 bits per heavy atom. The van der Waals surface area contributed by atoms with Crippen molar-refractivity contribution in [3.05, 3.63) is 27.7 Å². The van der Waals surface area contributed by atoms with Gasteiger partial charge in [0.2, 0.25) is 0 Å². The van der Waals surface area contributed by atoms with Crippen molar-refractivity contribution in [2.75, 3.05) is 0 Å². The summed E-state index contributed by atoms with van der Waals surface area (Å²) in [6.45, 7) is 0. The summed E-state index contributed by atoms with van der Waals surface area (Å²) in [6, 6.07) is 2.26. The predicted octanol–water partition coefficient (Wildman–Crippen LogP) is 2.62. The van der Waals surface area contributed by atoms with Crippen LogP contribution in [0, 0.1) is 11.8 Å². The topological polar surface area (TPSA) is 106 Å². The zero-order valence-electron chi connectivity index (χ0n) is 16.5. The number of rotatable bonds is 3. The Morgan fingerprint density at radius 2 is 1.86 bits per heavy atom. The third kappa shape index (κ3) is 3.92. The van der Waals surface area contributed by atoms with Crippen LogP contribution in [0.2, 0.25) is 0 Å². The number of nitrogens with two attached hydrogens (primary N) is 1. The minimum Gasteiger partial charge on any atom is -0.349 e. The van der Waals surface area contributed by atoms with Gasteiger partial charge in [-0.2, -0.15) is 0 Å². The number of aromatic amines is 1. The minimum absolute atomic E-state index is 0. The highest BCUT2D eigenvalue weighted by atomic mass is 35.5. The molecule has 3 aliphatic carbocycles. The van der Waals surface area contributed by atoms with Crippen molar-refractivity contribution < 1.29 is 4.79 Å². The van der Waals surface area contributed by atoms with Gasteiger partial charge in [0.25, 0.3) is 11.5 Å². The van der Waals surface area contributed by atoms with Gasteiger partial charge in [-0.05, 0) is 56.4 Å². The Bertz CT molecular complexity index is 954. The second-order valence-electron chi connectivity index (χ2n) is 8.75. The predicted molar refractivity (Wildman–Crippen MR) is 117 cm³/mol. The highest BCUT2D eigenvalue weighted by Crippen LogP contribution is 2.41. The molecule has 1 amide bonds. The monoisotopic (exact) mass is 441 g/mol. The van der Waals surface area contributed by atoms with Crippen molar-refractivity contribution >= 4 is 41.8 Å². The zero-order valence-corrected chi connectivity index (χ0v) is 18.2. The van der Waals surface area contributed by atoms with Crippen molar-refractivity contribution in [1.82, 2.24) is 20.1 Å². The van der Waals surface area contributed by atoms with Crippen LogP contribution in [-0.4, -0.2) is 32.8 Å². The molecule has 2 unspecified atom stereocenters. The summed E-state index contributed by atoms with van der Waals surface area (Å²) < 4.78 is 1.62. The maximum atomic E-state index is 13.3. The molecule has 29 heavy (non-hydrogen) atoms. The standard InChI is InChI=1S/C20H27N5O2.2ClH/c1-25-18-16(20(27)24-25)14(9-15(22-18)10-5-6-10)19(26)23-17-11-3-2-4-12(17)8-13(21)7-11;;/h9-13,17H,2-8,21H2,1H3,(H,23,26)(H,24,27);2*1H. The van der Waals surface area contributed by atoms with E-state index in [-0.39, 0.29) is 48.4 Å². The SMILES string of the molecule is Cl.Cl.Cn1[nH]c(=O)c2c(C(=O)NC3C4CCCC3CC(N)C4)cc(C3CC3)nc21. The lowest BCUT2D eigenvalue weighted by molar-refractivity contribution is 0.0757. The number of carbonyl (C=O) groups excluding carboxylic acids is 1. The highest BCUT2D eigenvalue weighted by molar-refractivity contribution is 6.05. The molecule has 5 rings (SSSR count). The van der Waals surface area contributed by atoms with Gasteiger partial charge in [-0.25, -0.2) is 4.98 Å². The fourth-order valence-electron chi connectivity index (χ4n) is 5.30. The maximum Gasteiger partial charge on any atom is 0.274 e. The van der Waals surface area contributed by atoms with Crippen LogP contribution in [-0.2, 0) is 7.05 Å². The van der Waals surface area contributed by atoms with Crippen LogP contribution in [0.25, 0.3) is 11.0 Å². The van der Waals surface area contributed by atoms with E-state index in [4.69, 9.17) is 5.73 Å². The quantitative estimate of drug-likeness (QED) is 0.680. The smallest absolute Gasteiger partial charge is 0.274 e. The zero-order chi connectivity index (χ0) is 18.7. The van der Waals surface area contributed by atoms with Crippen molar-refractivity contribution in [1.29, 1.82) is 0 Å². The van der Waals surface area contributed by atoms with Crippen LogP contribution in [0.15, 0.2) is 10.9 Å². The van der Waals surface area contributed by atoms with Crippen LogP contribution in [0.5, 0.6) is 0 Å². The Morgan fingerprint density at radius 3 is 2.48 bits per heavy atom. The average molecular weight is 442 g/mol. The molecule has 160 valence electrons. The number of aromatic nitrogens is 3. The molecule has 3 fully saturated rings. The summed E-state index contributed by atoms with van der Waals surface area (Å²) in [6.07, 6.45) is 7.63. The van der Waals surface area contributed by atoms with Crippen molar-refractivity contribution in [2.45, 2.75) is 62.9 Å². The fourth-order valence-corrected chi connectivity index (χ4v) is 5.30. The van der Waals surface area contributed by atoms with E-state index in [0.29, 0.717) is 34.4 Å². The Kier molecular flexibility index (Phi) is 6.32. The molecule has 0 aliphatic heterocycles. The third-order valence-corrected chi connectivity index (χ3v) is 6.75. The second-order valence-corrected chi connectivity index (χ2v) is 8.75. The van der Waals surface area contributed by atoms with Crippen LogP contribution in [0.3, 0.4) is 0 Å². The number of pyridine rings is 1. The number of amides is 1. The van der Waals surface area contributed by atoms with E-state index in [0.717, 1.165) is 44.2 Å². The third-order valence-electron chi connectivity index (χ3n) is 6.75. The summed E-state index contributed by atoms with van der Waals surface area (Å²) >= 11 is 0. The van der Waals surface area contributed by atoms with Gasteiger partial charge >= 0.3 is 0 Å². The van der Waals surface area contributed by atoms with E-state index >= 15 is 0 Å². The van der Waals surface area contributed by atoms with Gasteiger partial charge < -0.3 is 11.1 Å². The molecule has 0 aromatic carbocycles. The molecule has 2 atom stereocenters. The Labute approximate surface area is 182 Å². The largest absolute Gasteiger partial charge is 0.349 e. The van der Waals surface area contributed by atoms with Crippen molar-refractivity contribution in [3.63, 3.8) is 0 Å². The molecule has 2 heterocycles. The Balaban J connectivity index is 0.00000120. The van der Waals surface area contributed by atoms with Gasteiger partial charge in [0.1, 0.15) is 0 Å². The van der Waals surface area contributed by atoms with E-state index in [1.54, 1.807) is 11.7 Å². The van der Waals surface area contributed by atoms with E-state index < -0.39 is 0 Å². The Hall–Kier alpha value is -1.57. The van der Waals surface area contributed by atoms with Gasteiger partial charge in [-0.1, -0.05) is 6.42 Å². The fraction of sp³-hybridized carbons (Fsp3) is 0.650. The number of halogens is 2. The lowest BCUT2D eigenvalue weighted by atomic mass is 9.67. The summed E-state index contributed by atoms with van der Waals surface area (Å²) in [5.74, 6) is 1.17. The molecule has 7 nitrogen and oxygen atoms in total. The molecule has 9 heteroatoms. The van der Waals surface area contributed by atoms with Crippen LogP contribution < -0.4 is 16.6 Å². The number of nitrogens with zero attached hydrogens (tertiary/aromatic N) is 2. The number of fused-ring (bicyclic) bond motifs is 3. The lowest BCUT2D eigenvalue weighted by Gasteiger charge is -2.45. The molecule has 0 saturated heterocycles. The van der Waals surface area contributed by atoms with Gasteiger partial charge in [0.05, 0.1) is 10.9 Å². The summed E-state index contributed by atoms with van der Waals surface area (Å²) in [4.78, 5) is 30.4. The summed E-state index contributed by atoms with van der Waals surface area (Å²) in [5, 5.41) is 6.44. The molecule has 3 saturated carbocycles. The van der Waals surface area contributed by atoms with E-state index in [2.05, 4.69) is 15.4 Å². The van der Waals surface area contributed by atoms with Crippen LogP contribution >= 0.6 is 24.8 Å². The van der Waals surface area contributed by atoms with Gasteiger partial charge in [-0.3, -0.25) is 19.4 Å². The number of H-pyrrole nitrogens is 1. The molecule has 2 aromatic heterocycles. The van der Waals surface area contributed by atoms with Gasteiger partial charge in [-0.15, -0.1) is 24.8 Å². The van der Waals surface area contributed by atoms with Crippen LogP contribution in [0.1, 0.15) is 66.9 Å². The van der Waals surface area contributed by atoms with E-state index in [1.165, 1.54) is 6.42 Å². The molecule has 0 radical (unpaired) electrons. The highest BCUT2D eigenvalue weighted by Gasteiger charge is 2.40. The first-order chi connectivity index (χ1) is 13.0. The van der Waals surface area contributed by atoms with Gasteiger partial charge in [0.15, 0.2) is 5.65 Å². The number of nitrogens with one attached hydrogen (secondary N) is 2. The first-order valence-corrected chi connectivity index (χ1v) is 10.2. The first kappa shape index (κ1) is 22.1. The summed E-state index contributed by atoms with van der Waals surface area (Å²) in [5.41, 5.74) is 7.93. The molecular weight excluding hydrogens is 413 g/mol. The minimum atomic E-state index is -0.252. The van der Waals surface area contributed by atoms with Gasteiger partial charge in [0, 0.05) is 30.7 Å². The molecule has 4 N–H and O–H groups in total. The molecule has 0 spiro atoms. The number of hydrogen-bond acceptors (Lipinski definition) is 4. The lowest BCUT2D eigenvalue weighted by Crippen LogP contribution is -2.53. The normalized spacial score (nSPS) is 28.3. The van der Waals surface area contributed by atoms with E-state index in [9.17, 15) is 9.59 Å². The van der Waals surface area contributed by atoms with E-state index in [1.807, 2.05) is 6.07 Å². The van der Waals surface area contributed by atoms with Crippen molar-refractivity contribution in [2.24, 2.45) is 24.6 Å². The first-order valence-electron chi connectivity index (χ1n) is 10.2. The van der Waals surface area contributed by atoms with Crippen molar-refractivity contribution in [3.8, 4) is 0 Å². The molecular formula is C20H29Cl2N5O2. The maximum absolute atomic E-state index is 13.3. The second kappa shape index (κ2) is 8.28. The average Bonchev–Trinajstić information content (AvgIpc) is 3.42. The molecule has 2 aromatic rings. The van der Waals surface area contributed by atoms with Crippen LogP contribution in [0.4, 0.5) is 0 Å². The molecule has 3 aliphatic rings.